The summed E-state index contributed by atoms with van der Waals surface area (Å²) in [7, 11) is 0. The Labute approximate surface area is 277 Å². The van der Waals surface area contributed by atoms with E-state index in [1.807, 2.05) is 62.4 Å². The summed E-state index contributed by atoms with van der Waals surface area (Å²) in [5.74, 6) is -0.428. The molecule has 7 heterocycles. The van der Waals surface area contributed by atoms with E-state index in [0.29, 0.717) is 24.5 Å². The zero-order valence-corrected chi connectivity index (χ0v) is 26.6. The standard InChI is InChI=1S/C38H34N8O2/c1-25(41-37(47)35-7-3-5-17-39-35)23-45-31-13-14-32(45)20-28-10-12-30(44-28)22-34-16-15-33(21-29-11-9-27(19-31)43-29)46(34)24-26(2)42-38(48)36-8-4-6-18-40-36/h3-22,25-26H,23-24H2,1-2H3,(H,41,47)(H,42,48). The van der Waals surface area contributed by atoms with Gasteiger partial charge in [-0.15, -0.1) is 0 Å². The molecule has 2 amide bonds. The quantitative estimate of drug-likeness (QED) is 0.211. The molecule has 2 atom stereocenters. The van der Waals surface area contributed by atoms with Crippen LogP contribution in [0, 0.1) is 0 Å². The zero-order valence-electron chi connectivity index (χ0n) is 26.6. The molecule has 0 aromatic carbocycles. The van der Waals surface area contributed by atoms with E-state index in [4.69, 9.17) is 9.97 Å². The van der Waals surface area contributed by atoms with Crippen LogP contribution in [0.15, 0.2) is 97.3 Å². The lowest BCUT2D eigenvalue weighted by Crippen LogP contribution is -2.36. The van der Waals surface area contributed by atoms with E-state index >= 15 is 0 Å². The van der Waals surface area contributed by atoms with Gasteiger partial charge >= 0.3 is 0 Å². The van der Waals surface area contributed by atoms with Crippen molar-refractivity contribution in [3.63, 3.8) is 0 Å². The second-order valence-corrected chi connectivity index (χ2v) is 11.9. The minimum absolute atomic E-state index is 0.179. The molecule has 0 fully saturated rings. The van der Waals surface area contributed by atoms with E-state index in [1.165, 1.54) is 0 Å². The van der Waals surface area contributed by atoms with Gasteiger partial charge in [-0.3, -0.25) is 19.6 Å². The first-order valence-corrected chi connectivity index (χ1v) is 15.9. The number of carbonyl (C=O) groups is 2. The number of pyridine rings is 2. The van der Waals surface area contributed by atoms with Crippen LogP contribution in [-0.4, -0.2) is 53.0 Å². The Morgan fingerprint density at radius 2 is 0.917 bits per heavy atom. The van der Waals surface area contributed by atoms with Crippen LogP contribution in [0.25, 0.3) is 46.4 Å². The number of nitrogens with one attached hydrogen (secondary N) is 2. The molecule has 2 aliphatic rings. The monoisotopic (exact) mass is 634 g/mol. The van der Waals surface area contributed by atoms with Gasteiger partial charge in [-0.1, -0.05) is 12.1 Å². The lowest BCUT2D eigenvalue weighted by Gasteiger charge is -2.16. The molecular weight excluding hydrogens is 600 g/mol. The number of rotatable bonds is 8. The molecule has 5 aromatic rings. The smallest absolute Gasteiger partial charge is 0.270 e. The van der Waals surface area contributed by atoms with Gasteiger partial charge in [0.15, 0.2) is 0 Å². The summed E-state index contributed by atoms with van der Waals surface area (Å²) in [5.41, 5.74) is 7.87. The molecular formula is C38H34N8O2. The largest absolute Gasteiger partial charge is 0.346 e. The summed E-state index contributed by atoms with van der Waals surface area (Å²) >= 11 is 0. The number of carbonyl (C=O) groups excluding carboxylic acids is 2. The Morgan fingerprint density at radius 1 is 0.562 bits per heavy atom. The Balaban J connectivity index is 1.26. The second-order valence-electron chi connectivity index (χ2n) is 11.9. The normalized spacial score (nSPS) is 13.2. The third kappa shape index (κ3) is 6.82. The van der Waals surface area contributed by atoms with Crippen LogP contribution < -0.4 is 10.6 Å². The van der Waals surface area contributed by atoms with Gasteiger partial charge in [0, 0.05) is 59.6 Å². The van der Waals surface area contributed by atoms with Gasteiger partial charge in [-0.25, -0.2) is 9.97 Å². The fourth-order valence-corrected chi connectivity index (χ4v) is 5.87. The van der Waals surface area contributed by atoms with Gasteiger partial charge in [0.2, 0.25) is 0 Å². The first-order valence-electron chi connectivity index (χ1n) is 15.9. The van der Waals surface area contributed by atoms with Crippen LogP contribution in [0.3, 0.4) is 0 Å². The maximum absolute atomic E-state index is 12.8. The lowest BCUT2D eigenvalue weighted by molar-refractivity contribution is 0.0923. The fraction of sp³-hybridized carbons (Fsp3) is 0.158. The van der Waals surface area contributed by atoms with Crippen molar-refractivity contribution < 1.29 is 9.59 Å². The molecule has 8 bridgehead atoms. The molecule has 48 heavy (non-hydrogen) atoms. The molecule has 2 N–H and O–H groups in total. The molecule has 2 unspecified atom stereocenters. The maximum atomic E-state index is 12.8. The number of nitrogens with zero attached hydrogens (tertiary/aromatic N) is 6. The van der Waals surface area contributed by atoms with Crippen LogP contribution in [0.2, 0.25) is 0 Å². The van der Waals surface area contributed by atoms with Crippen LogP contribution in [-0.2, 0) is 13.1 Å². The number of fused-ring (bicyclic) bond motifs is 8. The molecule has 0 saturated heterocycles. The Bertz CT molecular complexity index is 1970. The summed E-state index contributed by atoms with van der Waals surface area (Å²) in [6.45, 7) is 5.03. The van der Waals surface area contributed by atoms with E-state index in [2.05, 4.69) is 54.0 Å². The number of amides is 2. The zero-order chi connectivity index (χ0) is 33.0. The van der Waals surface area contributed by atoms with Crippen molar-refractivity contribution in [3.8, 4) is 0 Å². The molecule has 0 radical (unpaired) electrons. The highest BCUT2D eigenvalue weighted by Gasteiger charge is 2.15. The van der Waals surface area contributed by atoms with Crippen molar-refractivity contribution in [1.82, 2.24) is 39.7 Å². The molecule has 7 rings (SSSR count). The van der Waals surface area contributed by atoms with E-state index in [1.54, 1.807) is 48.8 Å². The van der Waals surface area contributed by atoms with Gasteiger partial charge in [0.25, 0.3) is 11.8 Å². The lowest BCUT2D eigenvalue weighted by atomic mass is 10.2. The second kappa shape index (κ2) is 13.3. The first kappa shape index (κ1) is 30.5. The SMILES string of the molecule is CC(Cn1c2ccc1cc1nc(cc3ccc(cc4nc(c2)C=C4)n3CC(C)NC(=O)c2ccccn2)C=C1)NC(=O)c1ccccn1. The summed E-state index contributed by atoms with van der Waals surface area (Å²) in [5, 5.41) is 6.15. The Kier molecular flexibility index (Phi) is 8.44. The Morgan fingerprint density at radius 3 is 1.23 bits per heavy atom. The van der Waals surface area contributed by atoms with Crippen molar-refractivity contribution in [1.29, 1.82) is 0 Å². The van der Waals surface area contributed by atoms with Gasteiger partial charge < -0.3 is 19.8 Å². The van der Waals surface area contributed by atoms with Gasteiger partial charge in [0.05, 0.1) is 22.8 Å². The molecule has 5 aromatic heterocycles. The predicted octanol–water partition coefficient (Wildman–Crippen LogP) is 6.03. The molecule has 10 nitrogen and oxygen atoms in total. The van der Waals surface area contributed by atoms with Crippen LogP contribution in [0.4, 0.5) is 0 Å². The molecule has 238 valence electrons. The minimum Gasteiger partial charge on any atom is -0.346 e. The highest BCUT2D eigenvalue weighted by Crippen LogP contribution is 2.21. The first-order chi connectivity index (χ1) is 23.4. The minimum atomic E-state index is -0.214. The van der Waals surface area contributed by atoms with Crippen molar-refractivity contribution in [2.45, 2.75) is 39.0 Å². The average Bonchev–Trinajstić information content (AvgIpc) is 3.89. The fourth-order valence-electron chi connectivity index (χ4n) is 5.87. The van der Waals surface area contributed by atoms with E-state index < -0.39 is 0 Å². The summed E-state index contributed by atoms with van der Waals surface area (Å²) in [6.07, 6.45) is 11.2. The third-order valence-electron chi connectivity index (χ3n) is 8.11. The van der Waals surface area contributed by atoms with Crippen LogP contribution >= 0.6 is 0 Å². The number of hydrogen-bond donors (Lipinski definition) is 2. The maximum Gasteiger partial charge on any atom is 0.270 e. The van der Waals surface area contributed by atoms with Gasteiger partial charge in [-0.05, 0) is 111 Å². The molecule has 0 aliphatic carbocycles. The number of aromatic nitrogens is 6. The highest BCUT2D eigenvalue weighted by atomic mass is 16.2. The van der Waals surface area contributed by atoms with Crippen molar-refractivity contribution in [2.24, 2.45) is 0 Å². The summed E-state index contributed by atoms with van der Waals surface area (Å²) in [6, 6.07) is 26.7. The van der Waals surface area contributed by atoms with Gasteiger partial charge in [-0.2, -0.15) is 0 Å². The molecule has 2 aliphatic heterocycles. The predicted molar refractivity (Wildman–Crippen MR) is 188 cm³/mol. The van der Waals surface area contributed by atoms with E-state index in [-0.39, 0.29) is 23.9 Å². The van der Waals surface area contributed by atoms with Crippen molar-refractivity contribution >= 4 is 58.2 Å². The molecule has 0 spiro atoms. The number of hydrogen-bond acceptors (Lipinski definition) is 6. The topological polar surface area (TPSA) is 120 Å². The summed E-state index contributed by atoms with van der Waals surface area (Å²) in [4.78, 5) is 43.8. The Hall–Kier alpha value is -6.16. The van der Waals surface area contributed by atoms with E-state index in [0.717, 1.165) is 44.8 Å². The van der Waals surface area contributed by atoms with Crippen molar-refractivity contribution in [3.05, 3.63) is 131 Å². The third-order valence-corrected chi connectivity index (χ3v) is 8.11. The summed E-state index contributed by atoms with van der Waals surface area (Å²) < 4.78 is 4.34. The molecule has 10 heteroatoms. The van der Waals surface area contributed by atoms with Crippen LogP contribution in [0.1, 0.15) is 57.6 Å². The van der Waals surface area contributed by atoms with Gasteiger partial charge in [0.1, 0.15) is 11.4 Å². The highest BCUT2D eigenvalue weighted by molar-refractivity contribution is 5.93. The van der Waals surface area contributed by atoms with E-state index in [9.17, 15) is 9.59 Å². The average molecular weight is 635 g/mol. The van der Waals surface area contributed by atoms with Crippen molar-refractivity contribution in [2.75, 3.05) is 0 Å². The van der Waals surface area contributed by atoms with Crippen LogP contribution in [0.5, 0.6) is 0 Å². The molecule has 0 saturated carbocycles.